The summed E-state index contributed by atoms with van der Waals surface area (Å²) in [6, 6.07) is 10.7. The quantitative estimate of drug-likeness (QED) is 0.202. The molecule has 0 aliphatic heterocycles. The van der Waals surface area contributed by atoms with Gasteiger partial charge in [0.1, 0.15) is 0 Å². The van der Waals surface area contributed by atoms with Crippen LogP contribution in [0.1, 0.15) is 57.9 Å². The highest BCUT2D eigenvalue weighted by atomic mass is 127. The van der Waals surface area contributed by atoms with E-state index >= 15 is 0 Å². The molecule has 1 saturated carbocycles. The van der Waals surface area contributed by atoms with Crippen LogP contribution < -0.4 is 11.5 Å². The third-order valence-electron chi connectivity index (χ3n) is 6.88. The van der Waals surface area contributed by atoms with Crippen molar-refractivity contribution in [1.82, 2.24) is 0 Å². The van der Waals surface area contributed by atoms with Crippen molar-refractivity contribution < 1.29 is 4.43 Å². The van der Waals surface area contributed by atoms with E-state index in [1.54, 1.807) is 0 Å². The molecule has 0 saturated heterocycles. The van der Waals surface area contributed by atoms with Gasteiger partial charge in [-0.05, 0) is 118 Å². The number of nitrogens with two attached hydrogens (primary N) is 2. The van der Waals surface area contributed by atoms with Gasteiger partial charge in [-0.3, -0.25) is 0 Å². The molecule has 0 unspecified atom stereocenters. The summed E-state index contributed by atoms with van der Waals surface area (Å²) in [5.74, 6) is 0.469. The van der Waals surface area contributed by atoms with Crippen LogP contribution >= 0.6 is 45.2 Å². The van der Waals surface area contributed by atoms with E-state index in [-0.39, 0.29) is 5.04 Å². The Morgan fingerprint density at radius 1 is 1.00 bits per heavy atom. The first-order valence-electron chi connectivity index (χ1n) is 10.7. The first-order chi connectivity index (χ1) is 13.9. The zero-order valence-electron chi connectivity index (χ0n) is 18.7. The van der Waals surface area contributed by atoms with Crippen LogP contribution in [0, 0.1) is 7.14 Å². The van der Waals surface area contributed by atoms with Crippen LogP contribution in [0.5, 0.6) is 0 Å². The smallest absolute Gasteiger partial charge is 0.192 e. The Kier molecular flexibility index (Phi) is 7.52. The molecule has 0 amide bonds. The number of halogens is 2. The number of nitrogen functional groups attached to an aromatic ring is 2. The van der Waals surface area contributed by atoms with Crippen LogP contribution in [-0.4, -0.2) is 14.4 Å². The van der Waals surface area contributed by atoms with Crippen molar-refractivity contribution in [2.75, 3.05) is 11.5 Å². The fourth-order valence-corrected chi connectivity index (χ4v) is 6.60. The minimum atomic E-state index is -1.73. The summed E-state index contributed by atoms with van der Waals surface area (Å²) in [6.45, 7) is 11.7. The Bertz CT molecular complexity index is 916. The highest BCUT2D eigenvalue weighted by Crippen LogP contribution is 2.46. The fraction of sp³-hybridized carbons (Fsp3) is 0.500. The number of benzene rings is 2. The molecule has 4 N–H and O–H groups in total. The maximum Gasteiger partial charge on any atom is 0.192 e. The van der Waals surface area contributed by atoms with Crippen molar-refractivity contribution in [1.29, 1.82) is 0 Å². The molecule has 1 aliphatic rings. The van der Waals surface area contributed by atoms with Crippen LogP contribution in [0.2, 0.25) is 18.1 Å². The molecular weight excluding hydrogens is 614 g/mol. The average Bonchev–Trinajstić information content (AvgIpc) is 2.66. The molecule has 3 rings (SSSR count). The SMILES string of the molecule is CC(C)(C)[Si](C)(C)OC1CCC(c2cc(N)c(I)c(N)c2-c2ccccc2I)CC1. The number of hydrogen-bond acceptors (Lipinski definition) is 3. The fourth-order valence-electron chi connectivity index (χ4n) is 4.10. The van der Waals surface area contributed by atoms with Gasteiger partial charge in [-0.2, -0.15) is 0 Å². The Balaban J connectivity index is 1.89. The van der Waals surface area contributed by atoms with Crippen molar-refractivity contribution in [3.05, 3.63) is 43.0 Å². The van der Waals surface area contributed by atoms with E-state index in [1.165, 1.54) is 20.3 Å². The maximum absolute atomic E-state index is 6.72. The lowest BCUT2D eigenvalue weighted by Crippen LogP contribution is -2.44. The summed E-state index contributed by atoms with van der Waals surface area (Å²) in [4.78, 5) is 0. The van der Waals surface area contributed by atoms with Crippen LogP contribution in [0.3, 0.4) is 0 Å². The Labute approximate surface area is 210 Å². The molecule has 3 nitrogen and oxygen atoms in total. The van der Waals surface area contributed by atoms with Gasteiger partial charge in [0.25, 0.3) is 0 Å². The standard InChI is InChI=1S/C24H34I2N2OSi/c1-24(2,3)30(4,5)29-16-12-10-15(11-13-16)18-14-20(27)22(26)23(28)21(18)17-8-6-7-9-19(17)25/h6-9,14-16H,10-13,27-28H2,1-5H3. The summed E-state index contributed by atoms with van der Waals surface area (Å²) >= 11 is 4.69. The lowest BCUT2D eigenvalue weighted by molar-refractivity contribution is 0.130. The largest absolute Gasteiger partial charge is 0.414 e. The third kappa shape index (κ3) is 5.01. The number of hydrogen-bond donors (Lipinski definition) is 2. The molecule has 0 spiro atoms. The minimum absolute atomic E-state index is 0.250. The highest BCUT2D eigenvalue weighted by molar-refractivity contribution is 14.1. The molecule has 0 aromatic heterocycles. The van der Waals surface area contributed by atoms with Crippen molar-refractivity contribution >= 4 is 64.9 Å². The topological polar surface area (TPSA) is 61.3 Å². The van der Waals surface area contributed by atoms with Gasteiger partial charge in [-0.25, -0.2) is 0 Å². The lowest BCUT2D eigenvalue weighted by atomic mass is 9.79. The molecule has 164 valence electrons. The Hall–Kier alpha value is -0.323. The molecule has 1 aliphatic carbocycles. The zero-order valence-corrected chi connectivity index (χ0v) is 24.0. The van der Waals surface area contributed by atoms with Crippen LogP contribution in [-0.2, 0) is 4.43 Å². The first kappa shape index (κ1) is 24.3. The molecule has 30 heavy (non-hydrogen) atoms. The molecule has 0 heterocycles. The predicted molar refractivity (Wildman–Crippen MR) is 149 cm³/mol. The maximum atomic E-state index is 6.72. The molecule has 2 aromatic rings. The van der Waals surface area contributed by atoms with E-state index in [4.69, 9.17) is 15.9 Å². The first-order valence-corrected chi connectivity index (χ1v) is 15.8. The van der Waals surface area contributed by atoms with E-state index < -0.39 is 8.32 Å². The molecule has 0 radical (unpaired) electrons. The van der Waals surface area contributed by atoms with Crippen LogP contribution in [0.25, 0.3) is 11.1 Å². The predicted octanol–water partition coefficient (Wildman–Crippen LogP) is 7.78. The van der Waals surface area contributed by atoms with E-state index in [2.05, 4.69) is 109 Å². The van der Waals surface area contributed by atoms with Gasteiger partial charge >= 0.3 is 0 Å². The molecule has 2 aromatic carbocycles. The van der Waals surface area contributed by atoms with Gasteiger partial charge in [0.2, 0.25) is 0 Å². The van der Waals surface area contributed by atoms with Crippen molar-refractivity contribution in [3.8, 4) is 11.1 Å². The number of rotatable bonds is 4. The van der Waals surface area contributed by atoms with E-state index in [9.17, 15) is 0 Å². The second-order valence-electron chi connectivity index (χ2n) is 9.99. The minimum Gasteiger partial charge on any atom is -0.414 e. The molecule has 1 fully saturated rings. The summed E-state index contributed by atoms with van der Waals surface area (Å²) in [7, 11) is -1.73. The van der Waals surface area contributed by atoms with E-state index in [0.717, 1.165) is 40.6 Å². The zero-order chi connectivity index (χ0) is 22.3. The van der Waals surface area contributed by atoms with Crippen molar-refractivity contribution in [3.63, 3.8) is 0 Å². The van der Waals surface area contributed by atoms with Crippen molar-refractivity contribution in [2.45, 2.75) is 76.6 Å². The molecule has 0 atom stereocenters. The van der Waals surface area contributed by atoms with E-state index in [1.807, 2.05) is 0 Å². The second-order valence-corrected chi connectivity index (χ2v) is 17.0. The van der Waals surface area contributed by atoms with Gasteiger partial charge in [0.05, 0.1) is 9.26 Å². The summed E-state index contributed by atoms with van der Waals surface area (Å²) in [5.41, 5.74) is 18.3. The monoisotopic (exact) mass is 648 g/mol. The third-order valence-corrected chi connectivity index (χ3v) is 13.6. The van der Waals surface area contributed by atoms with Gasteiger partial charge in [0, 0.05) is 20.9 Å². The molecular formula is C24H34I2N2OSi. The highest BCUT2D eigenvalue weighted by Gasteiger charge is 2.40. The van der Waals surface area contributed by atoms with Crippen LogP contribution in [0.15, 0.2) is 30.3 Å². The normalized spacial score (nSPS) is 20.4. The van der Waals surface area contributed by atoms with E-state index in [0.29, 0.717) is 12.0 Å². The molecule has 6 heteroatoms. The van der Waals surface area contributed by atoms with Gasteiger partial charge < -0.3 is 15.9 Å². The van der Waals surface area contributed by atoms with Gasteiger partial charge in [-0.15, -0.1) is 0 Å². The van der Waals surface area contributed by atoms with Gasteiger partial charge in [0.15, 0.2) is 8.32 Å². The summed E-state index contributed by atoms with van der Waals surface area (Å²) in [5, 5.41) is 0.250. The molecule has 0 bridgehead atoms. The Morgan fingerprint density at radius 3 is 2.17 bits per heavy atom. The number of anilines is 2. The average molecular weight is 648 g/mol. The summed E-state index contributed by atoms with van der Waals surface area (Å²) < 4.78 is 8.90. The second kappa shape index (κ2) is 9.27. The summed E-state index contributed by atoms with van der Waals surface area (Å²) in [6.07, 6.45) is 4.83. The Morgan fingerprint density at radius 2 is 1.60 bits per heavy atom. The van der Waals surface area contributed by atoms with Gasteiger partial charge in [-0.1, -0.05) is 39.0 Å². The van der Waals surface area contributed by atoms with Crippen molar-refractivity contribution in [2.24, 2.45) is 0 Å². The lowest BCUT2D eigenvalue weighted by Gasteiger charge is -2.41. The van der Waals surface area contributed by atoms with Crippen LogP contribution in [0.4, 0.5) is 11.4 Å².